The van der Waals surface area contributed by atoms with Crippen molar-refractivity contribution in [2.75, 3.05) is 6.61 Å². The van der Waals surface area contributed by atoms with Crippen molar-refractivity contribution >= 4 is 35.1 Å². The Morgan fingerprint density at radius 3 is 2.67 bits per heavy atom. The summed E-state index contributed by atoms with van der Waals surface area (Å²) in [7, 11) is 0. The molecule has 214 valence electrons. The summed E-state index contributed by atoms with van der Waals surface area (Å²) in [4.78, 5) is 43.8. The van der Waals surface area contributed by atoms with Crippen LogP contribution in [0.3, 0.4) is 0 Å². The highest BCUT2D eigenvalue weighted by atomic mass is 32.1. The number of esters is 2. The maximum Gasteiger partial charge on any atom is 0.330 e. The largest absolute Gasteiger partial charge is 0.458 e. The van der Waals surface area contributed by atoms with Gasteiger partial charge >= 0.3 is 11.9 Å². The summed E-state index contributed by atoms with van der Waals surface area (Å²) in [6.45, 7) is 9.01. The van der Waals surface area contributed by atoms with Crippen molar-refractivity contribution < 1.29 is 34.1 Å². The molecule has 6 atom stereocenters. The minimum atomic E-state index is -1.43. The smallest absolute Gasteiger partial charge is 0.330 e. The lowest BCUT2D eigenvalue weighted by Crippen LogP contribution is -2.47. The SMILES string of the molecule is C/C(=C\c1csc(C)n1)[C@@H]1C/C=C2\CCC[C@H](C)[C@H](O)[C@@H](C)C(=O)[C@](C)(C/C=C/C(=O)OC2)[C@@H](O)CC(=O)O1. The minimum Gasteiger partial charge on any atom is -0.458 e. The Kier molecular flexibility index (Phi) is 10.8. The third kappa shape index (κ3) is 8.19. The van der Waals surface area contributed by atoms with E-state index in [1.165, 1.54) is 23.5 Å². The Balaban J connectivity index is 2.06. The quantitative estimate of drug-likeness (QED) is 0.394. The van der Waals surface area contributed by atoms with E-state index in [0.29, 0.717) is 19.3 Å². The summed E-state index contributed by atoms with van der Waals surface area (Å²) in [6.07, 6.45) is 5.58. The van der Waals surface area contributed by atoms with Crippen molar-refractivity contribution in [1.82, 2.24) is 4.98 Å². The fourth-order valence-electron chi connectivity index (χ4n) is 5.20. The van der Waals surface area contributed by atoms with Crippen molar-refractivity contribution in [2.24, 2.45) is 17.3 Å². The summed E-state index contributed by atoms with van der Waals surface area (Å²) >= 11 is 1.53. The highest BCUT2D eigenvalue weighted by molar-refractivity contribution is 7.09. The molecule has 3 heterocycles. The number of Topliss-reactive ketones (excluding diaryl/α,β-unsaturated/α-hetero) is 1. The van der Waals surface area contributed by atoms with Crippen molar-refractivity contribution in [3.63, 3.8) is 0 Å². The molecule has 9 heteroatoms. The number of aromatic nitrogens is 1. The van der Waals surface area contributed by atoms with Gasteiger partial charge in [0.1, 0.15) is 18.5 Å². The number of rotatable bonds is 2. The van der Waals surface area contributed by atoms with Crippen LogP contribution in [0.15, 0.2) is 34.8 Å². The van der Waals surface area contributed by atoms with E-state index < -0.39 is 48.0 Å². The number of allylic oxidation sites excluding steroid dienone is 1. The van der Waals surface area contributed by atoms with E-state index >= 15 is 0 Å². The van der Waals surface area contributed by atoms with Gasteiger partial charge in [0.15, 0.2) is 0 Å². The highest BCUT2D eigenvalue weighted by Gasteiger charge is 2.45. The van der Waals surface area contributed by atoms with Gasteiger partial charge in [0.25, 0.3) is 0 Å². The normalized spacial score (nSPS) is 34.5. The molecule has 0 aliphatic carbocycles. The van der Waals surface area contributed by atoms with Gasteiger partial charge < -0.3 is 19.7 Å². The molecule has 8 nitrogen and oxygen atoms in total. The van der Waals surface area contributed by atoms with E-state index in [0.717, 1.165) is 28.3 Å². The van der Waals surface area contributed by atoms with Crippen LogP contribution < -0.4 is 0 Å². The van der Waals surface area contributed by atoms with Crippen LogP contribution in [0, 0.1) is 24.2 Å². The second kappa shape index (κ2) is 13.6. The zero-order valence-corrected chi connectivity index (χ0v) is 24.3. The van der Waals surface area contributed by atoms with Crippen LogP contribution in [0.5, 0.6) is 0 Å². The Labute approximate surface area is 234 Å². The topological polar surface area (TPSA) is 123 Å². The number of hydrogen-bond acceptors (Lipinski definition) is 9. The number of hydrogen-bond donors (Lipinski definition) is 2. The number of cyclic esters (lactones) is 1. The van der Waals surface area contributed by atoms with E-state index in [4.69, 9.17) is 9.47 Å². The monoisotopic (exact) mass is 559 g/mol. The molecule has 0 unspecified atom stereocenters. The number of aryl methyl sites for hydroxylation is 1. The molecule has 0 radical (unpaired) electrons. The van der Waals surface area contributed by atoms with Crippen molar-refractivity contribution in [2.45, 2.75) is 91.5 Å². The van der Waals surface area contributed by atoms with Crippen LogP contribution in [-0.4, -0.2) is 57.8 Å². The molecular formula is C30H41NO7S. The third-order valence-electron chi connectivity index (χ3n) is 7.93. The number of ether oxygens (including phenoxy) is 2. The summed E-state index contributed by atoms with van der Waals surface area (Å²) in [5.41, 5.74) is 1.01. The van der Waals surface area contributed by atoms with Crippen LogP contribution in [0.25, 0.3) is 6.08 Å². The second-order valence-corrected chi connectivity index (χ2v) is 12.2. The number of carbonyl (C=O) groups excluding carboxylic acids is 3. The molecule has 0 fully saturated rings. The maximum atomic E-state index is 13.7. The lowest BCUT2D eigenvalue weighted by molar-refractivity contribution is -0.154. The van der Waals surface area contributed by atoms with Gasteiger partial charge in [-0.05, 0) is 69.6 Å². The minimum absolute atomic E-state index is 0.00491. The molecule has 39 heavy (non-hydrogen) atoms. The number of thiazole rings is 1. The Bertz CT molecular complexity index is 1140. The van der Waals surface area contributed by atoms with Gasteiger partial charge in [-0.3, -0.25) is 9.59 Å². The molecule has 0 spiro atoms. The molecule has 1 aromatic heterocycles. The standard InChI is InChI=1S/C30H41NO7S/c1-18-8-6-9-22-11-12-24(19(2)14-23-17-39-21(4)31-23)38-27(34)15-25(32)30(5,29(36)20(3)28(18)35)13-7-10-26(33)37-16-22/h7,10-11,14,17-18,20,24-25,28,32,35H,6,8-9,12-13,15-16H2,1-5H3/b10-7+,19-14+,22-11+/t18-,20+,24-,25-,28-,30+/m0/s1. The molecule has 2 bridgehead atoms. The predicted molar refractivity (Wildman–Crippen MR) is 150 cm³/mol. The molecule has 2 N–H and O–H groups in total. The number of fused-ring (bicyclic) bond motifs is 6. The first-order chi connectivity index (χ1) is 18.4. The first-order valence-electron chi connectivity index (χ1n) is 13.6. The van der Waals surface area contributed by atoms with E-state index in [-0.39, 0.29) is 24.7 Å². The molecule has 2 aliphatic heterocycles. The summed E-state index contributed by atoms with van der Waals surface area (Å²) < 4.78 is 11.4. The van der Waals surface area contributed by atoms with Crippen LogP contribution in [-0.2, 0) is 23.9 Å². The van der Waals surface area contributed by atoms with Crippen LogP contribution in [0.4, 0.5) is 0 Å². The Morgan fingerprint density at radius 1 is 1.23 bits per heavy atom. The van der Waals surface area contributed by atoms with E-state index in [1.54, 1.807) is 13.8 Å². The fourth-order valence-corrected chi connectivity index (χ4v) is 5.77. The van der Waals surface area contributed by atoms with Crippen molar-refractivity contribution in [3.05, 3.63) is 45.5 Å². The van der Waals surface area contributed by atoms with Gasteiger partial charge in [-0.1, -0.05) is 26.0 Å². The van der Waals surface area contributed by atoms with Gasteiger partial charge in [0.2, 0.25) is 0 Å². The molecule has 1 aromatic rings. The summed E-state index contributed by atoms with van der Waals surface area (Å²) in [6, 6.07) is 0. The fraction of sp³-hybridized carbons (Fsp3) is 0.600. The van der Waals surface area contributed by atoms with Crippen LogP contribution >= 0.6 is 11.3 Å². The molecule has 3 rings (SSSR count). The van der Waals surface area contributed by atoms with Gasteiger partial charge in [-0.15, -0.1) is 11.3 Å². The van der Waals surface area contributed by atoms with Gasteiger partial charge in [0, 0.05) is 23.8 Å². The molecule has 2 aliphatic rings. The second-order valence-electron chi connectivity index (χ2n) is 11.1. The molecule has 0 aromatic carbocycles. The summed E-state index contributed by atoms with van der Waals surface area (Å²) in [5, 5.41) is 25.1. The predicted octanol–water partition coefficient (Wildman–Crippen LogP) is 4.73. The van der Waals surface area contributed by atoms with Crippen LogP contribution in [0.2, 0.25) is 0 Å². The first-order valence-corrected chi connectivity index (χ1v) is 14.5. The Hall–Kier alpha value is -2.62. The molecule has 0 amide bonds. The lowest BCUT2D eigenvalue weighted by atomic mass is 9.69. The molecule has 0 saturated carbocycles. The number of carbonyl (C=O) groups is 3. The van der Waals surface area contributed by atoms with Crippen molar-refractivity contribution in [3.8, 4) is 0 Å². The average Bonchev–Trinajstić information content (AvgIpc) is 3.30. The molecule has 0 saturated heterocycles. The first kappa shape index (κ1) is 30.9. The van der Waals surface area contributed by atoms with Crippen LogP contribution in [0.1, 0.15) is 76.9 Å². The van der Waals surface area contributed by atoms with Gasteiger partial charge in [0.05, 0.1) is 34.7 Å². The van der Waals surface area contributed by atoms with E-state index in [1.807, 2.05) is 38.3 Å². The Morgan fingerprint density at radius 2 is 1.97 bits per heavy atom. The van der Waals surface area contributed by atoms with E-state index in [2.05, 4.69) is 4.98 Å². The molecular weight excluding hydrogens is 518 g/mol. The zero-order chi connectivity index (χ0) is 28.7. The van der Waals surface area contributed by atoms with Gasteiger partial charge in [-0.2, -0.15) is 0 Å². The van der Waals surface area contributed by atoms with Gasteiger partial charge in [-0.25, -0.2) is 9.78 Å². The number of aliphatic hydroxyl groups is 2. The van der Waals surface area contributed by atoms with E-state index in [9.17, 15) is 24.6 Å². The highest BCUT2D eigenvalue weighted by Crippen LogP contribution is 2.36. The maximum absolute atomic E-state index is 13.7. The summed E-state index contributed by atoms with van der Waals surface area (Å²) in [5.74, 6) is -2.48. The number of nitrogens with zero attached hydrogens (tertiary/aromatic N) is 1. The number of aliphatic hydroxyl groups excluding tert-OH is 2. The average molecular weight is 560 g/mol. The number of ketones is 1. The lowest BCUT2D eigenvalue weighted by Gasteiger charge is -2.36. The zero-order valence-electron chi connectivity index (χ0n) is 23.5. The third-order valence-corrected chi connectivity index (χ3v) is 8.73. The van der Waals surface area contributed by atoms with Crippen molar-refractivity contribution in [1.29, 1.82) is 0 Å².